The van der Waals surface area contributed by atoms with Crippen LogP contribution in [0.5, 0.6) is 17.2 Å². The fourth-order valence-electron chi connectivity index (χ4n) is 8.95. The van der Waals surface area contributed by atoms with Gasteiger partial charge in [-0.2, -0.15) is 0 Å². The van der Waals surface area contributed by atoms with Gasteiger partial charge in [0.2, 0.25) is 0 Å². The number of aromatic hydroxyl groups is 1. The molecule has 13 heteroatoms. The third-order valence-electron chi connectivity index (χ3n) is 13.9. The average molecular weight is 984 g/mol. The largest absolute Gasteiger partial charge is 0.506 e. The Kier molecular flexibility index (Phi) is 15.5. The monoisotopic (exact) mass is 983 g/mol. The van der Waals surface area contributed by atoms with E-state index in [9.17, 15) is 19.5 Å². The molecule has 2 heterocycles. The number of phenols is 1. The van der Waals surface area contributed by atoms with E-state index in [2.05, 4.69) is 85.1 Å². The lowest BCUT2D eigenvalue weighted by atomic mass is 9.97. The summed E-state index contributed by atoms with van der Waals surface area (Å²) in [5.41, 5.74) is 16.9. The molecular formula is C59H65N5O7Si. The molecule has 0 saturated carbocycles. The highest BCUT2D eigenvalue weighted by Crippen LogP contribution is 2.47. The summed E-state index contributed by atoms with van der Waals surface area (Å²) < 4.78 is 18.3. The van der Waals surface area contributed by atoms with Gasteiger partial charge in [-0.1, -0.05) is 101 Å². The molecule has 0 radical (unpaired) electrons. The Hall–Kier alpha value is -7.48. The number of primary amides is 1. The molecule has 0 spiro atoms. The Labute approximate surface area is 423 Å². The van der Waals surface area contributed by atoms with Crippen molar-refractivity contribution in [3.63, 3.8) is 0 Å². The predicted molar refractivity (Wildman–Crippen MR) is 290 cm³/mol. The minimum absolute atomic E-state index is 0.0107. The first-order valence-corrected chi connectivity index (χ1v) is 27.6. The van der Waals surface area contributed by atoms with Crippen LogP contribution in [0.25, 0.3) is 22.0 Å². The number of aryl methyl sites for hydroxylation is 2. The molecule has 0 saturated heterocycles. The van der Waals surface area contributed by atoms with Gasteiger partial charge in [0.15, 0.2) is 20.7 Å². The Balaban J connectivity index is 0.847. The van der Waals surface area contributed by atoms with Crippen molar-refractivity contribution in [3.8, 4) is 28.4 Å². The molecule has 1 aromatic heterocycles. The number of benzene rings is 6. The number of rotatable bonds is 19. The zero-order valence-corrected chi connectivity index (χ0v) is 43.3. The van der Waals surface area contributed by atoms with E-state index in [0.29, 0.717) is 40.5 Å². The third-order valence-corrected chi connectivity index (χ3v) is 18.4. The van der Waals surface area contributed by atoms with Crippen LogP contribution in [0.2, 0.25) is 18.1 Å². The van der Waals surface area contributed by atoms with Crippen LogP contribution in [-0.2, 0) is 22.1 Å². The summed E-state index contributed by atoms with van der Waals surface area (Å²) in [4.78, 5) is 42.9. The van der Waals surface area contributed by atoms with Crippen LogP contribution in [0.4, 0.5) is 22.7 Å². The molecule has 0 fully saturated rings. The summed E-state index contributed by atoms with van der Waals surface area (Å²) in [6, 6.07) is 39.3. The first kappa shape index (κ1) is 50.9. The Morgan fingerprint density at radius 3 is 2.29 bits per heavy atom. The smallest absolute Gasteiger partial charge is 0.262 e. The van der Waals surface area contributed by atoms with Crippen molar-refractivity contribution in [2.24, 2.45) is 5.73 Å². The van der Waals surface area contributed by atoms with Gasteiger partial charge in [-0.15, -0.1) is 0 Å². The van der Waals surface area contributed by atoms with E-state index < -0.39 is 14.2 Å². The zero-order valence-electron chi connectivity index (χ0n) is 42.3. The second-order valence-electron chi connectivity index (χ2n) is 20.2. The van der Waals surface area contributed by atoms with Crippen molar-refractivity contribution in [3.05, 3.63) is 166 Å². The molecule has 8 rings (SSSR count). The molecule has 372 valence electrons. The molecular weight excluding hydrogens is 919 g/mol. The maximum Gasteiger partial charge on any atom is 0.262 e. The number of hydrogen-bond donors (Lipinski definition) is 5. The second kappa shape index (κ2) is 21.9. The van der Waals surface area contributed by atoms with Crippen LogP contribution in [0.3, 0.4) is 0 Å². The lowest BCUT2D eigenvalue weighted by molar-refractivity contribution is -0.118. The molecule has 12 nitrogen and oxygen atoms in total. The number of unbranched alkanes of at least 4 members (excludes halogenated alkanes) is 3. The van der Waals surface area contributed by atoms with Crippen LogP contribution in [-0.4, -0.2) is 49.8 Å². The van der Waals surface area contributed by atoms with Crippen molar-refractivity contribution < 1.29 is 33.4 Å². The van der Waals surface area contributed by atoms with Crippen LogP contribution in [0.1, 0.15) is 108 Å². The Morgan fingerprint density at radius 2 is 1.57 bits per heavy atom. The normalized spacial score (nSPS) is 12.9. The summed E-state index contributed by atoms with van der Waals surface area (Å²) in [6.07, 6.45) is 7.82. The number of hydrogen-bond acceptors (Lipinski definition) is 9. The van der Waals surface area contributed by atoms with E-state index in [4.69, 9.17) is 19.6 Å². The van der Waals surface area contributed by atoms with Gasteiger partial charge in [0.05, 0.1) is 30.0 Å². The predicted octanol–water partition coefficient (Wildman–Crippen LogP) is 13.2. The van der Waals surface area contributed by atoms with Crippen molar-refractivity contribution in [1.29, 1.82) is 0 Å². The lowest BCUT2D eigenvalue weighted by Gasteiger charge is -2.40. The van der Waals surface area contributed by atoms with Crippen LogP contribution in [0.15, 0.2) is 128 Å². The molecule has 1 aliphatic rings. The van der Waals surface area contributed by atoms with Gasteiger partial charge in [0, 0.05) is 40.2 Å². The summed E-state index contributed by atoms with van der Waals surface area (Å²) in [6.45, 7) is 13.1. The van der Waals surface area contributed by atoms with Gasteiger partial charge in [-0.25, -0.2) is 0 Å². The quantitative estimate of drug-likeness (QED) is 0.0300. The molecule has 3 amide bonds. The number of anilines is 4. The summed E-state index contributed by atoms with van der Waals surface area (Å²) >= 11 is 0. The Bertz CT molecular complexity index is 3110. The van der Waals surface area contributed by atoms with E-state index >= 15 is 0 Å². The van der Waals surface area contributed by atoms with E-state index in [1.807, 2.05) is 91.9 Å². The number of nitrogens with one attached hydrogen (secondary N) is 3. The SMILES string of the molecule is COc1cccc(Nc2c(C(N)=O)cnc3c(C)cc(Cc4cccc(C(=O)Nc5ccc(-c6ccc(CCCCCC[C@H](O[Si](C)(C)C(C)(C)C)c7ccc(O)c8c7OCC(=O)N8)cc6)cc5)c4)cc23)c1. The number of phenolic OH excluding ortho intramolecular Hbond substituents is 1. The highest BCUT2D eigenvalue weighted by Gasteiger charge is 2.40. The molecule has 72 heavy (non-hydrogen) atoms. The van der Waals surface area contributed by atoms with Gasteiger partial charge in [0.25, 0.3) is 17.7 Å². The highest BCUT2D eigenvalue weighted by atomic mass is 28.4. The zero-order chi connectivity index (χ0) is 51.2. The number of nitrogens with zero attached hydrogens (tertiary/aromatic N) is 1. The van der Waals surface area contributed by atoms with E-state index in [1.54, 1.807) is 13.2 Å². The van der Waals surface area contributed by atoms with E-state index in [0.717, 1.165) is 88.5 Å². The molecule has 6 N–H and O–H groups in total. The average Bonchev–Trinajstić information content (AvgIpc) is 3.35. The van der Waals surface area contributed by atoms with Gasteiger partial charge in [0.1, 0.15) is 17.2 Å². The fourth-order valence-corrected chi connectivity index (χ4v) is 10.3. The maximum absolute atomic E-state index is 13.6. The summed E-state index contributed by atoms with van der Waals surface area (Å²) in [5, 5.41) is 20.5. The van der Waals surface area contributed by atoms with Crippen molar-refractivity contribution >= 4 is 59.7 Å². The number of methoxy groups -OCH3 is 1. The van der Waals surface area contributed by atoms with Gasteiger partial charge in [-0.3, -0.25) is 19.4 Å². The molecule has 7 aromatic rings. The number of fused-ring (bicyclic) bond motifs is 2. The first-order valence-electron chi connectivity index (χ1n) is 24.7. The van der Waals surface area contributed by atoms with Crippen molar-refractivity contribution in [2.45, 2.75) is 96.9 Å². The van der Waals surface area contributed by atoms with Gasteiger partial charge >= 0.3 is 0 Å². The number of aromatic nitrogens is 1. The van der Waals surface area contributed by atoms with E-state index in [-0.39, 0.29) is 40.9 Å². The fraction of sp³-hybridized carbons (Fsp3) is 0.288. The first-order chi connectivity index (χ1) is 34.5. The Morgan fingerprint density at radius 1 is 0.847 bits per heavy atom. The highest BCUT2D eigenvalue weighted by molar-refractivity contribution is 6.74. The standard InChI is InChI=1S/C59H65N5O7Si/c1-37-30-40(33-48-53(37)61-35-49(57(60)67)54(48)62-45-17-13-18-46(34-45)69-5)31-39-15-12-16-43(32-39)58(68)63-44-26-24-42(25-27-44)41-22-20-38(21-23-41)14-10-8-9-11-19-51(71-72(6,7)59(2,3)4)47-28-29-50(65)55-56(47)70-36-52(66)64-55/h12-13,15-18,20-30,32-35,51,65H,8-11,14,19,31,36H2,1-7H3,(H2,60,67)(H,61,62)(H,63,68)(H,64,66)/t51-/m0/s1. The van der Waals surface area contributed by atoms with E-state index in [1.165, 1.54) is 11.8 Å². The number of ether oxygens (including phenoxy) is 2. The molecule has 1 atom stereocenters. The minimum Gasteiger partial charge on any atom is -0.506 e. The third kappa shape index (κ3) is 12.0. The van der Waals surface area contributed by atoms with Crippen LogP contribution in [0, 0.1) is 6.92 Å². The molecule has 0 bridgehead atoms. The number of carbonyl (C=O) groups excluding carboxylic acids is 3. The minimum atomic E-state index is -2.16. The summed E-state index contributed by atoms with van der Waals surface area (Å²) in [7, 11) is -0.558. The number of carbonyl (C=O) groups is 3. The molecule has 1 aliphatic heterocycles. The maximum atomic E-state index is 13.6. The van der Waals surface area contributed by atoms with Crippen LogP contribution < -0.4 is 31.2 Å². The molecule has 0 unspecified atom stereocenters. The van der Waals surface area contributed by atoms with Crippen molar-refractivity contribution in [1.82, 2.24) is 4.98 Å². The lowest BCUT2D eigenvalue weighted by Crippen LogP contribution is -2.42. The number of amides is 3. The molecule has 6 aromatic carbocycles. The second-order valence-corrected chi connectivity index (χ2v) is 25.0. The number of nitrogens with two attached hydrogens (primary N) is 1. The van der Waals surface area contributed by atoms with Gasteiger partial charge in [-0.05, 0) is 139 Å². The molecule has 0 aliphatic carbocycles. The summed E-state index contributed by atoms with van der Waals surface area (Å²) in [5.74, 6) is 0.0898. The number of pyridine rings is 1. The van der Waals surface area contributed by atoms with Crippen molar-refractivity contribution in [2.75, 3.05) is 29.7 Å². The topological polar surface area (TPSA) is 174 Å². The van der Waals surface area contributed by atoms with Gasteiger partial charge < -0.3 is 40.7 Å². The van der Waals surface area contributed by atoms with Crippen LogP contribution >= 0.6 is 0 Å².